The molecule has 110 valence electrons. The molecule has 2 rings (SSSR count). The van der Waals surface area contributed by atoms with Crippen LogP contribution in [0.25, 0.3) is 17.0 Å². The molecule has 0 radical (unpaired) electrons. The van der Waals surface area contributed by atoms with E-state index in [1.54, 1.807) is 23.8 Å². The highest BCUT2D eigenvalue weighted by Crippen LogP contribution is 2.35. The van der Waals surface area contributed by atoms with E-state index in [0.29, 0.717) is 11.9 Å². The molecule has 0 aliphatic rings. The number of non-ortho nitro benzene ring substituents is 1. The number of carboxylic acid groups (broad SMARTS) is 1. The number of benzene rings is 1. The van der Waals surface area contributed by atoms with E-state index in [0.717, 1.165) is 22.2 Å². The Balaban J connectivity index is 2.82. The van der Waals surface area contributed by atoms with Crippen molar-refractivity contribution in [2.24, 2.45) is 7.05 Å². The second kappa shape index (κ2) is 5.40. The molecule has 6 heteroatoms. The van der Waals surface area contributed by atoms with Gasteiger partial charge in [-0.25, -0.2) is 0 Å². The van der Waals surface area contributed by atoms with Crippen LogP contribution in [0.15, 0.2) is 18.7 Å². The molecule has 0 atom stereocenters. The third-order valence-corrected chi connectivity index (χ3v) is 3.77. The first-order chi connectivity index (χ1) is 9.88. The van der Waals surface area contributed by atoms with Crippen molar-refractivity contribution in [1.29, 1.82) is 0 Å². The largest absolute Gasteiger partial charge is 0.481 e. The smallest absolute Gasteiger partial charge is 0.303 e. The van der Waals surface area contributed by atoms with Gasteiger partial charge in [0.25, 0.3) is 5.69 Å². The Kier molecular flexibility index (Phi) is 3.80. The number of fused-ring (bicyclic) bond motifs is 1. The Morgan fingerprint density at radius 1 is 1.52 bits per heavy atom. The second-order valence-corrected chi connectivity index (χ2v) is 4.88. The van der Waals surface area contributed by atoms with Crippen molar-refractivity contribution >= 4 is 28.6 Å². The van der Waals surface area contributed by atoms with Crippen LogP contribution < -0.4 is 0 Å². The summed E-state index contributed by atoms with van der Waals surface area (Å²) >= 11 is 0. The van der Waals surface area contributed by atoms with Gasteiger partial charge in [-0.15, -0.1) is 0 Å². The summed E-state index contributed by atoms with van der Waals surface area (Å²) < 4.78 is 1.75. The van der Waals surface area contributed by atoms with E-state index >= 15 is 0 Å². The van der Waals surface area contributed by atoms with Gasteiger partial charge in [-0.3, -0.25) is 14.9 Å². The van der Waals surface area contributed by atoms with Crippen LogP contribution in [0, 0.1) is 17.0 Å². The molecular formula is C15H16N2O4. The molecule has 0 bridgehead atoms. The molecule has 0 unspecified atom stereocenters. The van der Waals surface area contributed by atoms with E-state index in [1.165, 1.54) is 6.07 Å². The first kappa shape index (κ1) is 14.8. The first-order valence-corrected chi connectivity index (χ1v) is 6.48. The van der Waals surface area contributed by atoms with Gasteiger partial charge in [0, 0.05) is 30.6 Å². The van der Waals surface area contributed by atoms with Crippen LogP contribution in [-0.2, 0) is 18.3 Å². The monoisotopic (exact) mass is 288 g/mol. The number of carboxylic acids is 1. The maximum absolute atomic E-state index is 11.2. The van der Waals surface area contributed by atoms with Crippen LogP contribution in [-0.4, -0.2) is 20.6 Å². The molecule has 0 saturated heterocycles. The first-order valence-electron chi connectivity index (χ1n) is 6.48. The van der Waals surface area contributed by atoms with Crippen LogP contribution in [0.1, 0.15) is 23.2 Å². The van der Waals surface area contributed by atoms with Gasteiger partial charge in [0.05, 0.1) is 4.92 Å². The lowest BCUT2D eigenvalue weighted by atomic mass is 10.0. The van der Waals surface area contributed by atoms with Crippen molar-refractivity contribution < 1.29 is 14.8 Å². The van der Waals surface area contributed by atoms with E-state index in [-0.39, 0.29) is 12.1 Å². The number of nitro benzene ring substituents is 1. The average molecular weight is 288 g/mol. The van der Waals surface area contributed by atoms with Gasteiger partial charge < -0.3 is 9.67 Å². The number of carbonyl (C=O) groups is 1. The van der Waals surface area contributed by atoms with Crippen LogP contribution in [0.5, 0.6) is 0 Å². The minimum absolute atomic E-state index is 0.0147. The quantitative estimate of drug-likeness (QED) is 0.676. The zero-order valence-electron chi connectivity index (χ0n) is 11.9. The summed E-state index contributed by atoms with van der Waals surface area (Å²) in [7, 11) is 1.75. The summed E-state index contributed by atoms with van der Waals surface area (Å²) in [6.45, 7) is 5.58. The van der Waals surface area contributed by atoms with E-state index in [1.807, 2.05) is 6.92 Å². The maximum atomic E-state index is 11.2. The number of aromatic nitrogens is 1. The van der Waals surface area contributed by atoms with E-state index < -0.39 is 10.9 Å². The molecule has 1 aromatic carbocycles. The van der Waals surface area contributed by atoms with Gasteiger partial charge in [-0.2, -0.15) is 0 Å². The van der Waals surface area contributed by atoms with Gasteiger partial charge in [0.1, 0.15) is 5.52 Å². The van der Waals surface area contributed by atoms with E-state index in [4.69, 9.17) is 5.11 Å². The van der Waals surface area contributed by atoms with Crippen molar-refractivity contribution in [3.05, 3.63) is 45.6 Å². The summed E-state index contributed by atoms with van der Waals surface area (Å²) in [5, 5.41) is 20.8. The van der Waals surface area contributed by atoms with Crippen LogP contribution in [0.4, 0.5) is 5.69 Å². The maximum Gasteiger partial charge on any atom is 0.303 e. The van der Waals surface area contributed by atoms with Gasteiger partial charge in [-0.1, -0.05) is 12.7 Å². The molecule has 0 spiro atoms. The van der Waals surface area contributed by atoms with Crippen LogP contribution in [0.3, 0.4) is 0 Å². The Hall–Kier alpha value is -2.63. The molecule has 0 aliphatic heterocycles. The molecule has 0 aliphatic carbocycles. The number of aliphatic carboxylic acids is 1. The summed E-state index contributed by atoms with van der Waals surface area (Å²) in [6, 6.07) is 3.11. The number of nitrogens with zero attached hydrogens (tertiary/aromatic N) is 2. The third kappa shape index (κ3) is 2.40. The average Bonchev–Trinajstić information content (AvgIpc) is 2.68. The summed E-state index contributed by atoms with van der Waals surface area (Å²) in [5.41, 5.74) is 2.97. The Morgan fingerprint density at radius 3 is 2.71 bits per heavy atom. The fraction of sp³-hybridized carbons (Fsp3) is 0.267. The molecule has 0 fully saturated rings. The molecule has 0 saturated carbocycles. The molecule has 0 amide bonds. The number of hydrogen-bond donors (Lipinski definition) is 1. The predicted octanol–water partition coefficient (Wildman–Crippen LogP) is 3.06. The van der Waals surface area contributed by atoms with Gasteiger partial charge in [-0.05, 0) is 30.5 Å². The molecule has 1 heterocycles. The van der Waals surface area contributed by atoms with Crippen LogP contribution in [0.2, 0.25) is 0 Å². The lowest BCUT2D eigenvalue weighted by molar-refractivity contribution is -0.383. The topological polar surface area (TPSA) is 85.4 Å². The van der Waals surface area contributed by atoms with E-state index in [2.05, 4.69) is 6.58 Å². The van der Waals surface area contributed by atoms with E-state index in [9.17, 15) is 14.9 Å². The highest BCUT2D eigenvalue weighted by atomic mass is 16.6. The number of rotatable bonds is 5. The second-order valence-electron chi connectivity index (χ2n) is 4.88. The fourth-order valence-electron chi connectivity index (χ4n) is 2.66. The normalized spacial score (nSPS) is 10.8. The van der Waals surface area contributed by atoms with Gasteiger partial charge in [0.2, 0.25) is 0 Å². The van der Waals surface area contributed by atoms with Crippen LogP contribution >= 0.6 is 0 Å². The highest BCUT2D eigenvalue weighted by molar-refractivity contribution is 5.98. The molecule has 1 aromatic heterocycles. The molecular weight excluding hydrogens is 272 g/mol. The van der Waals surface area contributed by atoms with Gasteiger partial charge in [0.15, 0.2) is 0 Å². The predicted molar refractivity (Wildman–Crippen MR) is 80.4 cm³/mol. The van der Waals surface area contributed by atoms with Crippen molar-refractivity contribution in [3.8, 4) is 0 Å². The SMILES string of the molecule is C=Cc1ccc([N+](=O)[O-])c2c1c(CCC(=O)O)c(C)n2C. The molecule has 2 aromatic rings. The number of nitro groups is 1. The summed E-state index contributed by atoms with van der Waals surface area (Å²) in [6.07, 6.45) is 1.95. The lowest BCUT2D eigenvalue weighted by Gasteiger charge is -2.03. The summed E-state index contributed by atoms with van der Waals surface area (Å²) in [4.78, 5) is 21.6. The third-order valence-electron chi connectivity index (χ3n) is 3.77. The minimum Gasteiger partial charge on any atom is -0.481 e. The molecule has 1 N–H and O–H groups in total. The molecule has 6 nitrogen and oxygen atoms in total. The molecule has 21 heavy (non-hydrogen) atoms. The Morgan fingerprint density at radius 2 is 2.19 bits per heavy atom. The lowest BCUT2D eigenvalue weighted by Crippen LogP contribution is -1.99. The standard InChI is InChI=1S/C15H16N2O4/c1-4-10-5-7-12(17(20)21)15-14(10)11(6-8-13(18)19)9(2)16(15)3/h4-5,7H,1,6,8H2,2-3H3,(H,18,19). The summed E-state index contributed by atoms with van der Waals surface area (Å²) in [5.74, 6) is -0.892. The van der Waals surface area contributed by atoms with Gasteiger partial charge >= 0.3 is 5.97 Å². The van der Waals surface area contributed by atoms with Crippen molar-refractivity contribution in [3.63, 3.8) is 0 Å². The Labute approximate surface area is 121 Å². The zero-order chi connectivity index (χ0) is 15.7. The number of aryl methyl sites for hydroxylation is 2. The Bertz CT molecular complexity index is 759. The zero-order valence-corrected chi connectivity index (χ0v) is 11.9. The fourth-order valence-corrected chi connectivity index (χ4v) is 2.66. The number of hydrogen-bond acceptors (Lipinski definition) is 3. The van der Waals surface area contributed by atoms with Crippen molar-refractivity contribution in [1.82, 2.24) is 4.57 Å². The van der Waals surface area contributed by atoms with Crippen molar-refractivity contribution in [2.45, 2.75) is 19.8 Å². The highest BCUT2D eigenvalue weighted by Gasteiger charge is 2.22. The minimum atomic E-state index is -0.892. The van der Waals surface area contributed by atoms with Crippen molar-refractivity contribution in [2.75, 3.05) is 0 Å².